The number of nitrogens with one attached hydrogen (secondary N) is 1. The topological polar surface area (TPSA) is 51.2 Å². The first-order valence-electron chi connectivity index (χ1n) is 7.06. The second-order valence-corrected chi connectivity index (χ2v) is 6.42. The molecule has 1 aromatic heterocycles. The summed E-state index contributed by atoms with van der Waals surface area (Å²) in [4.78, 5) is 16.1. The molecular weight excluding hydrogens is 284 g/mol. The lowest BCUT2D eigenvalue weighted by Crippen LogP contribution is -2.07. The van der Waals surface area contributed by atoms with Crippen molar-refractivity contribution in [3.8, 4) is 0 Å². The summed E-state index contributed by atoms with van der Waals surface area (Å²) in [5, 5.41) is 5.97. The fraction of sp³-hybridized carbons (Fsp3) is 0.375. The molecule has 3 rings (SSSR count). The number of aryl methyl sites for hydroxylation is 1. The van der Waals surface area contributed by atoms with Gasteiger partial charge in [-0.05, 0) is 31.4 Å². The summed E-state index contributed by atoms with van der Waals surface area (Å²) >= 11 is 1.51. The van der Waals surface area contributed by atoms with Crippen molar-refractivity contribution < 1.29 is 9.53 Å². The Morgan fingerprint density at radius 3 is 2.81 bits per heavy atom. The molecule has 1 N–H and O–H groups in total. The van der Waals surface area contributed by atoms with E-state index in [1.165, 1.54) is 16.9 Å². The normalized spacial score (nSPS) is 20.1. The maximum absolute atomic E-state index is 11.7. The number of thiazole rings is 1. The lowest BCUT2D eigenvalue weighted by atomic mass is 10.2. The van der Waals surface area contributed by atoms with Crippen LogP contribution in [-0.2, 0) is 16.1 Å². The largest absolute Gasteiger partial charge is 0.459 e. The highest BCUT2D eigenvalue weighted by atomic mass is 32.1. The summed E-state index contributed by atoms with van der Waals surface area (Å²) in [5.74, 6) is 0.490. The Labute approximate surface area is 128 Å². The lowest BCUT2D eigenvalue weighted by Gasteiger charge is -2.03. The average Bonchev–Trinajstić information content (AvgIpc) is 3.04. The minimum absolute atomic E-state index is 0.0939. The second-order valence-electron chi connectivity index (χ2n) is 5.56. The minimum atomic E-state index is -0.0939. The van der Waals surface area contributed by atoms with Gasteiger partial charge in [-0.25, -0.2) is 4.98 Å². The van der Waals surface area contributed by atoms with Crippen LogP contribution in [-0.4, -0.2) is 11.0 Å². The molecule has 0 aliphatic heterocycles. The van der Waals surface area contributed by atoms with Gasteiger partial charge in [0.05, 0.1) is 11.6 Å². The van der Waals surface area contributed by atoms with Crippen molar-refractivity contribution in [2.24, 2.45) is 11.8 Å². The number of rotatable bonds is 5. The molecule has 21 heavy (non-hydrogen) atoms. The van der Waals surface area contributed by atoms with E-state index in [0.29, 0.717) is 5.92 Å². The van der Waals surface area contributed by atoms with Crippen molar-refractivity contribution in [1.82, 2.24) is 4.98 Å². The first-order valence-corrected chi connectivity index (χ1v) is 7.94. The highest BCUT2D eigenvalue weighted by Gasteiger charge is 2.40. The zero-order valence-electron chi connectivity index (χ0n) is 12.1. The molecule has 0 radical (unpaired) electrons. The first-order chi connectivity index (χ1) is 10.1. The Kier molecular flexibility index (Phi) is 3.92. The number of hydrogen-bond donors (Lipinski definition) is 1. The monoisotopic (exact) mass is 302 g/mol. The SMILES string of the molecule is Cc1ccc(Nc2nc(COC(=O)[C@@H]3C[C@H]3C)cs2)cc1. The molecule has 0 saturated heterocycles. The van der Waals surface area contributed by atoms with Gasteiger partial charge in [-0.15, -0.1) is 11.3 Å². The van der Waals surface area contributed by atoms with Crippen LogP contribution in [0.2, 0.25) is 0 Å². The Hall–Kier alpha value is -1.88. The third-order valence-corrected chi connectivity index (χ3v) is 4.44. The Bertz CT molecular complexity index is 636. The Balaban J connectivity index is 1.53. The fourth-order valence-electron chi connectivity index (χ4n) is 2.09. The van der Waals surface area contributed by atoms with Gasteiger partial charge in [-0.2, -0.15) is 0 Å². The molecule has 0 amide bonds. The first kappa shape index (κ1) is 14.1. The summed E-state index contributed by atoms with van der Waals surface area (Å²) in [7, 11) is 0. The summed E-state index contributed by atoms with van der Waals surface area (Å²) in [6, 6.07) is 8.14. The third-order valence-electron chi connectivity index (χ3n) is 3.63. The number of aromatic nitrogens is 1. The van der Waals surface area contributed by atoms with Crippen molar-refractivity contribution in [2.45, 2.75) is 26.9 Å². The van der Waals surface area contributed by atoms with E-state index in [2.05, 4.69) is 36.3 Å². The quantitative estimate of drug-likeness (QED) is 0.851. The zero-order valence-corrected chi connectivity index (χ0v) is 12.9. The molecule has 5 heteroatoms. The average molecular weight is 302 g/mol. The van der Waals surface area contributed by atoms with E-state index in [1.807, 2.05) is 17.5 Å². The van der Waals surface area contributed by atoms with Gasteiger partial charge in [0.2, 0.25) is 0 Å². The molecule has 0 bridgehead atoms. The second kappa shape index (κ2) is 5.85. The third kappa shape index (κ3) is 3.61. The van der Waals surface area contributed by atoms with Gasteiger partial charge in [0.15, 0.2) is 5.13 Å². The number of anilines is 2. The van der Waals surface area contributed by atoms with Crippen LogP contribution in [0.5, 0.6) is 0 Å². The van der Waals surface area contributed by atoms with Gasteiger partial charge in [-0.1, -0.05) is 24.6 Å². The highest BCUT2D eigenvalue weighted by Crippen LogP contribution is 2.38. The van der Waals surface area contributed by atoms with Crippen molar-refractivity contribution in [3.05, 3.63) is 40.9 Å². The van der Waals surface area contributed by atoms with Gasteiger partial charge in [0.1, 0.15) is 6.61 Å². The molecule has 1 fully saturated rings. The summed E-state index contributed by atoms with van der Waals surface area (Å²) in [6.45, 7) is 4.38. The molecule has 0 unspecified atom stereocenters. The van der Waals surface area contributed by atoms with E-state index in [9.17, 15) is 4.79 Å². The lowest BCUT2D eigenvalue weighted by molar-refractivity contribution is -0.146. The summed E-state index contributed by atoms with van der Waals surface area (Å²) in [5.41, 5.74) is 3.02. The zero-order chi connectivity index (χ0) is 14.8. The Morgan fingerprint density at radius 1 is 1.43 bits per heavy atom. The summed E-state index contributed by atoms with van der Waals surface area (Å²) < 4.78 is 5.28. The van der Waals surface area contributed by atoms with Crippen LogP contribution in [0.4, 0.5) is 10.8 Å². The van der Waals surface area contributed by atoms with E-state index in [0.717, 1.165) is 22.9 Å². The van der Waals surface area contributed by atoms with Gasteiger partial charge in [-0.3, -0.25) is 4.79 Å². The van der Waals surface area contributed by atoms with Crippen LogP contribution in [0.25, 0.3) is 0 Å². The van der Waals surface area contributed by atoms with Crippen molar-refractivity contribution in [3.63, 3.8) is 0 Å². The van der Waals surface area contributed by atoms with Crippen molar-refractivity contribution >= 4 is 28.1 Å². The molecule has 1 heterocycles. The maximum Gasteiger partial charge on any atom is 0.309 e. The van der Waals surface area contributed by atoms with Crippen LogP contribution in [0.3, 0.4) is 0 Å². The molecule has 2 atom stereocenters. The number of benzene rings is 1. The van der Waals surface area contributed by atoms with E-state index >= 15 is 0 Å². The van der Waals surface area contributed by atoms with Crippen LogP contribution < -0.4 is 5.32 Å². The highest BCUT2D eigenvalue weighted by molar-refractivity contribution is 7.13. The minimum Gasteiger partial charge on any atom is -0.459 e. The molecule has 1 saturated carbocycles. The van der Waals surface area contributed by atoms with E-state index < -0.39 is 0 Å². The predicted molar refractivity (Wildman–Crippen MR) is 83.6 cm³/mol. The number of carbonyl (C=O) groups is 1. The molecule has 4 nitrogen and oxygen atoms in total. The van der Waals surface area contributed by atoms with Gasteiger partial charge in [0.25, 0.3) is 0 Å². The van der Waals surface area contributed by atoms with Crippen LogP contribution >= 0.6 is 11.3 Å². The van der Waals surface area contributed by atoms with Gasteiger partial charge < -0.3 is 10.1 Å². The Morgan fingerprint density at radius 2 is 2.14 bits per heavy atom. The van der Waals surface area contributed by atoms with Gasteiger partial charge in [0, 0.05) is 11.1 Å². The van der Waals surface area contributed by atoms with E-state index in [4.69, 9.17) is 4.74 Å². The number of hydrogen-bond acceptors (Lipinski definition) is 5. The maximum atomic E-state index is 11.7. The number of carbonyl (C=O) groups excluding carboxylic acids is 1. The molecule has 1 aromatic carbocycles. The van der Waals surface area contributed by atoms with Crippen LogP contribution in [0.1, 0.15) is 24.6 Å². The number of nitrogens with zero attached hydrogens (tertiary/aromatic N) is 1. The van der Waals surface area contributed by atoms with Gasteiger partial charge >= 0.3 is 5.97 Å². The molecule has 1 aliphatic rings. The van der Waals surface area contributed by atoms with E-state index in [1.54, 1.807) is 0 Å². The predicted octanol–water partition coefficient (Wildman–Crippen LogP) is 3.89. The molecule has 0 spiro atoms. The molecule has 110 valence electrons. The van der Waals surface area contributed by atoms with E-state index in [-0.39, 0.29) is 18.5 Å². The standard InChI is InChI=1S/C16H18N2O2S/c1-10-3-5-12(6-4-10)17-16-18-13(9-21-16)8-20-15(19)14-7-11(14)2/h3-6,9,11,14H,7-8H2,1-2H3,(H,17,18)/t11-,14-/m1/s1. The van der Waals surface area contributed by atoms with Crippen molar-refractivity contribution in [2.75, 3.05) is 5.32 Å². The fourth-order valence-corrected chi connectivity index (χ4v) is 2.81. The molecule has 2 aromatic rings. The summed E-state index contributed by atoms with van der Waals surface area (Å²) in [6.07, 6.45) is 0.954. The molecule has 1 aliphatic carbocycles. The smallest absolute Gasteiger partial charge is 0.309 e. The molecular formula is C16H18N2O2S. The van der Waals surface area contributed by atoms with Crippen molar-refractivity contribution in [1.29, 1.82) is 0 Å². The number of esters is 1. The van der Waals surface area contributed by atoms with Crippen LogP contribution in [0, 0.1) is 18.8 Å². The number of ether oxygens (including phenoxy) is 1. The van der Waals surface area contributed by atoms with Crippen LogP contribution in [0.15, 0.2) is 29.6 Å².